The predicted molar refractivity (Wildman–Crippen MR) is 83.6 cm³/mol. The Morgan fingerprint density at radius 3 is 2.86 bits per heavy atom. The van der Waals surface area contributed by atoms with E-state index in [1.165, 1.54) is 0 Å². The van der Waals surface area contributed by atoms with Gasteiger partial charge >= 0.3 is 6.03 Å². The number of methoxy groups -OCH3 is 2. The predicted octanol–water partition coefficient (Wildman–Crippen LogP) is 1.72. The van der Waals surface area contributed by atoms with Gasteiger partial charge in [0.1, 0.15) is 11.5 Å². The van der Waals surface area contributed by atoms with Crippen molar-refractivity contribution < 1.29 is 19.0 Å². The van der Waals surface area contributed by atoms with E-state index in [0.717, 1.165) is 36.5 Å². The molecule has 0 saturated carbocycles. The standard InChI is InChI=1S/C16H24N2O4/c1-20-13-5-6-15(21-2)12(10-13)7-8-17-16(19)18-11-14-4-3-9-22-14/h5-6,10,14H,3-4,7-9,11H2,1-2H3,(H2,17,18,19)/t14-/m1/s1. The maximum atomic E-state index is 11.7. The number of hydrogen-bond donors (Lipinski definition) is 2. The van der Waals surface area contributed by atoms with Crippen LogP contribution in [0.5, 0.6) is 11.5 Å². The van der Waals surface area contributed by atoms with Crippen LogP contribution in [-0.4, -0.2) is 46.1 Å². The molecule has 0 unspecified atom stereocenters. The number of urea groups is 1. The molecule has 6 heteroatoms. The number of nitrogens with one attached hydrogen (secondary N) is 2. The van der Waals surface area contributed by atoms with Gasteiger partial charge in [0.15, 0.2) is 0 Å². The molecule has 1 saturated heterocycles. The van der Waals surface area contributed by atoms with E-state index in [2.05, 4.69) is 10.6 Å². The normalized spacial score (nSPS) is 17.1. The molecule has 1 heterocycles. The first-order valence-corrected chi connectivity index (χ1v) is 7.57. The zero-order valence-corrected chi connectivity index (χ0v) is 13.2. The molecule has 0 radical (unpaired) electrons. The second-order valence-electron chi connectivity index (χ2n) is 5.20. The second kappa shape index (κ2) is 8.48. The minimum absolute atomic E-state index is 0.157. The summed E-state index contributed by atoms with van der Waals surface area (Å²) >= 11 is 0. The van der Waals surface area contributed by atoms with Gasteiger partial charge in [-0.3, -0.25) is 0 Å². The fraction of sp³-hybridized carbons (Fsp3) is 0.562. The average molecular weight is 308 g/mol. The van der Waals surface area contributed by atoms with Crippen LogP contribution < -0.4 is 20.1 Å². The fourth-order valence-electron chi connectivity index (χ4n) is 2.46. The third-order valence-corrected chi connectivity index (χ3v) is 3.68. The fourth-order valence-corrected chi connectivity index (χ4v) is 2.46. The lowest BCUT2D eigenvalue weighted by Crippen LogP contribution is -2.40. The molecule has 1 atom stereocenters. The number of ether oxygens (including phenoxy) is 3. The van der Waals surface area contributed by atoms with Crippen molar-refractivity contribution in [1.82, 2.24) is 10.6 Å². The molecule has 1 aliphatic heterocycles. The smallest absolute Gasteiger partial charge is 0.314 e. The molecule has 2 rings (SSSR count). The summed E-state index contributed by atoms with van der Waals surface area (Å²) in [6, 6.07) is 5.47. The first kappa shape index (κ1) is 16.4. The molecule has 0 aliphatic carbocycles. The molecule has 0 aromatic heterocycles. The molecule has 1 aliphatic rings. The van der Waals surface area contributed by atoms with Crippen LogP contribution >= 0.6 is 0 Å². The van der Waals surface area contributed by atoms with Crippen LogP contribution in [0.1, 0.15) is 18.4 Å². The van der Waals surface area contributed by atoms with Gasteiger partial charge in [-0.25, -0.2) is 4.79 Å². The quantitative estimate of drug-likeness (QED) is 0.805. The van der Waals surface area contributed by atoms with E-state index in [-0.39, 0.29) is 12.1 Å². The Hall–Kier alpha value is -1.95. The van der Waals surface area contributed by atoms with E-state index in [0.29, 0.717) is 19.5 Å². The summed E-state index contributed by atoms with van der Waals surface area (Å²) in [6.45, 7) is 1.89. The summed E-state index contributed by atoms with van der Waals surface area (Å²) in [5, 5.41) is 5.67. The van der Waals surface area contributed by atoms with Crippen LogP contribution in [0.2, 0.25) is 0 Å². The van der Waals surface area contributed by atoms with Crippen molar-refractivity contribution in [3.8, 4) is 11.5 Å². The molecule has 122 valence electrons. The first-order chi connectivity index (χ1) is 10.7. The third kappa shape index (κ3) is 4.80. The van der Waals surface area contributed by atoms with Gasteiger partial charge in [-0.15, -0.1) is 0 Å². The summed E-state index contributed by atoms with van der Waals surface area (Å²) in [4.78, 5) is 11.7. The number of carbonyl (C=O) groups excluding carboxylic acids is 1. The van der Waals surface area contributed by atoms with Crippen LogP contribution in [-0.2, 0) is 11.2 Å². The molecule has 0 bridgehead atoms. The zero-order chi connectivity index (χ0) is 15.8. The molecule has 2 amide bonds. The second-order valence-corrected chi connectivity index (χ2v) is 5.20. The van der Waals surface area contributed by atoms with Gasteiger partial charge in [-0.1, -0.05) is 0 Å². The number of carbonyl (C=O) groups is 1. The van der Waals surface area contributed by atoms with E-state index >= 15 is 0 Å². The van der Waals surface area contributed by atoms with Crippen molar-refractivity contribution in [2.75, 3.05) is 33.9 Å². The van der Waals surface area contributed by atoms with E-state index in [1.54, 1.807) is 14.2 Å². The average Bonchev–Trinajstić information content (AvgIpc) is 3.06. The molecule has 0 spiro atoms. The van der Waals surface area contributed by atoms with Crippen molar-refractivity contribution in [3.63, 3.8) is 0 Å². The van der Waals surface area contributed by atoms with E-state index in [1.807, 2.05) is 18.2 Å². The minimum atomic E-state index is -0.169. The Balaban J connectivity index is 1.74. The highest BCUT2D eigenvalue weighted by Crippen LogP contribution is 2.24. The lowest BCUT2D eigenvalue weighted by atomic mass is 10.1. The van der Waals surface area contributed by atoms with Crippen LogP contribution in [0.4, 0.5) is 4.79 Å². The van der Waals surface area contributed by atoms with Gasteiger partial charge in [0.2, 0.25) is 0 Å². The Kier molecular flexibility index (Phi) is 6.33. The highest BCUT2D eigenvalue weighted by atomic mass is 16.5. The van der Waals surface area contributed by atoms with E-state index in [4.69, 9.17) is 14.2 Å². The SMILES string of the molecule is COc1ccc(OC)c(CCNC(=O)NC[C@H]2CCCO2)c1. The maximum absolute atomic E-state index is 11.7. The van der Waals surface area contributed by atoms with Crippen molar-refractivity contribution in [3.05, 3.63) is 23.8 Å². The summed E-state index contributed by atoms with van der Waals surface area (Å²) in [5.74, 6) is 1.57. The van der Waals surface area contributed by atoms with Gasteiger partial charge in [-0.05, 0) is 43.0 Å². The van der Waals surface area contributed by atoms with Crippen molar-refractivity contribution in [2.24, 2.45) is 0 Å². The number of benzene rings is 1. The molecule has 1 aromatic rings. The summed E-state index contributed by atoms with van der Waals surface area (Å²) in [6.07, 6.45) is 2.92. The first-order valence-electron chi connectivity index (χ1n) is 7.57. The largest absolute Gasteiger partial charge is 0.497 e. The van der Waals surface area contributed by atoms with Crippen molar-refractivity contribution >= 4 is 6.03 Å². The molecule has 22 heavy (non-hydrogen) atoms. The van der Waals surface area contributed by atoms with Crippen molar-refractivity contribution in [2.45, 2.75) is 25.4 Å². The molecule has 6 nitrogen and oxygen atoms in total. The summed E-state index contributed by atoms with van der Waals surface area (Å²) in [5.41, 5.74) is 1.00. The van der Waals surface area contributed by atoms with Gasteiger partial charge in [0.05, 0.1) is 20.3 Å². The van der Waals surface area contributed by atoms with Crippen LogP contribution in [0, 0.1) is 0 Å². The lowest BCUT2D eigenvalue weighted by molar-refractivity contribution is 0.111. The minimum Gasteiger partial charge on any atom is -0.497 e. The molecule has 1 aromatic carbocycles. The molecule has 1 fully saturated rings. The van der Waals surface area contributed by atoms with Crippen molar-refractivity contribution in [1.29, 1.82) is 0 Å². The molecular formula is C16H24N2O4. The van der Waals surface area contributed by atoms with Gasteiger partial charge in [-0.2, -0.15) is 0 Å². The van der Waals surface area contributed by atoms with Gasteiger partial charge < -0.3 is 24.8 Å². The molecular weight excluding hydrogens is 284 g/mol. The lowest BCUT2D eigenvalue weighted by Gasteiger charge is -2.13. The summed E-state index contributed by atoms with van der Waals surface area (Å²) < 4.78 is 16.0. The highest BCUT2D eigenvalue weighted by Gasteiger charge is 2.15. The number of amides is 2. The number of hydrogen-bond acceptors (Lipinski definition) is 4. The van der Waals surface area contributed by atoms with Crippen LogP contribution in [0.15, 0.2) is 18.2 Å². The summed E-state index contributed by atoms with van der Waals surface area (Å²) in [7, 11) is 3.26. The van der Waals surface area contributed by atoms with E-state index in [9.17, 15) is 4.79 Å². The Morgan fingerprint density at radius 1 is 1.32 bits per heavy atom. The van der Waals surface area contributed by atoms with Gasteiger partial charge in [0.25, 0.3) is 0 Å². The monoisotopic (exact) mass is 308 g/mol. The Labute approximate surface area is 131 Å². The van der Waals surface area contributed by atoms with Crippen LogP contribution in [0.3, 0.4) is 0 Å². The maximum Gasteiger partial charge on any atom is 0.314 e. The molecule has 2 N–H and O–H groups in total. The Bertz CT molecular complexity index is 487. The highest BCUT2D eigenvalue weighted by molar-refractivity contribution is 5.73. The Morgan fingerprint density at radius 2 is 2.18 bits per heavy atom. The third-order valence-electron chi connectivity index (χ3n) is 3.68. The number of rotatable bonds is 7. The van der Waals surface area contributed by atoms with Gasteiger partial charge in [0, 0.05) is 19.7 Å². The van der Waals surface area contributed by atoms with E-state index < -0.39 is 0 Å². The topological polar surface area (TPSA) is 68.8 Å². The van der Waals surface area contributed by atoms with Crippen LogP contribution in [0.25, 0.3) is 0 Å². The zero-order valence-electron chi connectivity index (χ0n) is 13.2.